The maximum Gasteiger partial charge on any atom is 0.258 e. The molecule has 140 valence electrons. The number of nitrogens with one attached hydrogen (secondary N) is 1. The standard InChI is InChI=1S/C22H18ClN3O2/c1-13-3-2-4-15(9-13)21(28)26-22-24-12-18-19(25-22)10-16(11-20(18)27)14-5-7-17(23)8-6-14/h2-9,12,16H,10-11H2,1H3,(H,24,25,26,28)/t16-/m0/s1. The average molecular weight is 392 g/mol. The van der Waals surface area contributed by atoms with Crippen LogP contribution < -0.4 is 5.32 Å². The second-order valence-corrected chi connectivity index (χ2v) is 7.39. The molecule has 2 aromatic carbocycles. The van der Waals surface area contributed by atoms with Crippen LogP contribution in [0.25, 0.3) is 0 Å². The molecule has 0 saturated carbocycles. The molecule has 1 heterocycles. The summed E-state index contributed by atoms with van der Waals surface area (Å²) in [4.78, 5) is 33.6. The molecule has 1 amide bonds. The third-order valence-corrected chi connectivity index (χ3v) is 5.14. The third-order valence-electron chi connectivity index (χ3n) is 4.89. The van der Waals surface area contributed by atoms with Crippen LogP contribution in [-0.4, -0.2) is 21.7 Å². The summed E-state index contributed by atoms with van der Waals surface area (Å²) < 4.78 is 0. The van der Waals surface area contributed by atoms with Crippen molar-refractivity contribution in [3.8, 4) is 0 Å². The first-order chi connectivity index (χ1) is 13.5. The van der Waals surface area contributed by atoms with Gasteiger partial charge in [0, 0.05) is 23.2 Å². The van der Waals surface area contributed by atoms with Crippen LogP contribution in [0.5, 0.6) is 0 Å². The fourth-order valence-electron chi connectivity index (χ4n) is 3.44. The summed E-state index contributed by atoms with van der Waals surface area (Å²) in [5.74, 6) is -0.0277. The van der Waals surface area contributed by atoms with E-state index < -0.39 is 0 Å². The molecule has 0 bridgehead atoms. The number of aryl methyl sites for hydroxylation is 1. The van der Waals surface area contributed by atoms with E-state index in [1.807, 2.05) is 43.3 Å². The van der Waals surface area contributed by atoms with Crippen molar-refractivity contribution in [1.82, 2.24) is 9.97 Å². The Bertz CT molecular complexity index is 1060. The number of benzene rings is 2. The molecule has 1 N–H and O–H groups in total. The second-order valence-electron chi connectivity index (χ2n) is 6.96. The molecule has 1 aromatic heterocycles. The molecule has 6 heteroatoms. The fourth-order valence-corrected chi connectivity index (χ4v) is 3.56. The number of halogens is 1. The number of Topliss-reactive ketones (excluding diaryl/α,β-unsaturated/α-hetero) is 1. The molecule has 3 aromatic rings. The molecule has 5 nitrogen and oxygen atoms in total. The summed E-state index contributed by atoms with van der Waals surface area (Å²) in [5.41, 5.74) is 3.77. The molecule has 0 radical (unpaired) electrons. The number of carbonyl (C=O) groups excluding carboxylic acids is 2. The molecule has 1 aliphatic carbocycles. The molecule has 0 unspecified atom stereocenters. The van der Waals surface area contributed by atoms with E-state index in [9.17, 15) is 9.59 Å². The second kappa shape index (κ2) is 7.52. The lowest BCUT2D eigenvalue weighted by Gasteiger charge is -2.23. The molecular formula is C22H18ClN3O2. The van der Waals surface area contributed by atoms with E-state index in [0.29, 0.717) is 34.7 Å². The average Bonchev–Trinajstić information content (AvgIpc) is 2.68. The number of aromatic nitrogens is 2. The van der Waals surface area contributed by atoms with E-state index >= 15 is 0 Å². The van der Waals surface area contributed by atoms with Crippen molar-refractivity contribution in [3.63, 3.8) is 0 Å². The summed E-state index contributed by atoms with van der Waals surface area (Å²) in [6.45, 7) is 1.93. The van der Waals surface area contributed by atoms with Gasteiger partial charge in [0.1, 0.15) is 0 Å². The minimum absolute atomic E-state index is 0.0118. The van der Waals surface area contributed by atoms with E-state index in [-0.39, 0.29) is 23.6 Å². The lowest BCUT2D eigenvalue weighted by molar-refractivity contribution is 0.0962. The van der Waals surface area contributed by atoms with Crippen molar-refractivity contribution >= 4 is 29.2 Å². The Kier molecular flexibility index (Phi) is 4.92. The van der Waals surface area contributed by atoms with Crippen molar-refractivity contribution in [2.75, 3.05) is 5.32 Å². The molecule has 0 fully saturated rings. The van der Waals surface area contributed by atoms with Crippen molar-refractivity contribution < 1.29 is 9.59 Å². The van der Waals surface area contributed by atoms with Crippen LogP contribution >= 0.6 is 11.6 Å². The van der Waals surface area contributed by atoms with Crippen LogP contribution in [0.3, 0.4) is 0 Å². The monoisotopic (exact) mass is 391 g/mol. The number of amides is 1. The number of anilines is 1. The number of carbonyl (C=O) groups is 2. The number of hydrogen-bond donors (Lipinski definition) is 1. The summed E-state index contributed by atoms with van der Waals surface area (Å²) in [7, 11) is 0. The van der Waals surface area contributed by atoms with Gasteiger partial charge >= 0.3 is 0 Å². The highest BCUT2D eigenvalue weighted by Crippen LogP contribution is 2.32. The van der Waals surface area contributed by atoms with Crippen molar-refractivity contribution in [1.29, 1.82) is 0 Å². The highest BCUT2D eigenvalue weighted by Gasteiger charge is 2.28. The highest BCUT2D eigenvalue weighted by molar-refractivity contribution is 6.30. The molecule has 1 atom stereocenters. The van der Waals surface area contributed by atoms with Crippen molar-refractivity contribution in [2.24, 2.45) is 0 Å². The SMILES string of the molecule is Cc1cccc(C(=O)Nc2ncc3c(n2)C[C@H](c2ccc(Cl)cc2)CC3=O)c1. The van der Waals surface area contributed by atoms with E-state index in [2.05, 4.69) is 15.3 Å². The Morgan fingerprint density at radius 1 is 1.14 bits per heavy atom. The van der Waals surface area contributed by atoms with Gasteiger partial charge < -0.3 is 0 Å². The first-order valence-electron chi connectivity index (χ1n) is 9.02. The van der Waals surface area contributed by atoms with Gasteiger partial charge in [0.2, 0.25) is 5.95 Å². The predicted molar refractivity (Wildman–Crippen MR) is 108 cm³/mol. The number of nitrogens with zero attached hydrogens (tertiary/aromatic N) is 2. The first-order valence-corrected chi connectivity index (χ1v) is 9.40. The topological polar surface area (TPSA) is 72.0 Å². The summed E-state index contributed by atoms with van der Waals surface area (Å²) in [6, 6.07) is 14.8. The minimum Gasteiger partial charge on any atom is -0.294 e. The molecule has 4 rings (SSSR count). The lowest BCUT2D eigenvalue weighted by atomic mass is 9.82. The number of rotatable bonds is 3. The molecule has 28 heavy (non-hydrogen) atoms. The van der Waals surface area contributed by atoms with Crippen LogP contribution in [0.15, 0.2) is 54.7 Å². The first kappa shape index (κ1) is 18.3. The maximum absolute atomic E-state index is 12.5. The number of ketones is 1. The fraction of sp³-hybridized carbons (Fsp3) is 0.182. The zero-order valence-electron chi connectivity index (χ0n) is 15.3. The van der Waals surface area contributed by atoms with Gasteiger partial charge in [0.25, 0.3) is 5.91 Å². The molecule has 1 aliphatic rings. The van der Waals surface area contributed by atoms with Gasteiger partial charge in [-0.3, -0.25) is 14.9 Å². The normalized spacial score (nSPS) is 15.8. The third kappa shape index (κ3) is 3.80. The zero-order chi connectivity index (χ0) is 19.7. The van der Waals surface area contributed by atoms with Gasteiger partial charge in [0.05, 0.1) is 11.3 Å². The van der Waals surface area contributed by atoms with Crippen molar-refractivity contribution in [2.45, 2.75) is 25.7 Å². The maximum atomic E-state index is 12.5. The van der Waals surface area contributed by atoms with Gasteiger partial charge in [0.15, 0.2) is 5.78 Å². The van der Waals surface area contributed by atoms with Crippen LogP contribution in [0, 0.1) is 6.92 Å². The van der Waals surface area contributed by atoms with Crippen LogP contribution in [0.4, 0.5) is 5.95 Å². The Morgan fingerprint density at radius 2 is 1.93 bits per heavy atom. The molecular weight excluding hydrogens is 374 g/mol. The van der Waals surface area contributed by atoms with Gasteiger partial charge in [-0.15, -0.1) is 0 Å². The largest absolute Gasteiger partial charge is 0.294 e. The van der Waals surface area contributed by atoms with Gasteiger partial charge in [-0.25, -0.2) is 9.97 Å². The van der Waals surface area contributed by atoms with Gasteiger partial charge in [-0.2, -0.15) is 0 Å². The number of fused-ring (bicyclic) bond motifs is 1. The lowest BCUT2D eigenvalue weighted by Crippen LogP contribution is -2.22. The van der Waals surface area contributed by atoms with Gasteiger partial charge in [-0.05, 0) is 49.1 Å². The van der Waals surface area contributed by atoms with E-state index in [4.69, 9.17) is 11.6 Å². The van der Waals surface area contributed by atoms with E-state index in [1.165, 1.54) is 6.20 Å². The summed E-state index contributed by atoms with van der Waals surface area (Å²) in [5, 5.41) is 3.38. The predicted octanol–water partition coefficient (Wildman–Crippen LogP) is 4.60. The highest BCUT2D eigenvalue weighted by atomic mass is 35.5. The number of hydrogen-bond acceptors (Lipinski definition) is 4. The van der Waals surface area contributed by atoms with Crippen LogP contribution in [0.1, 0.15) is 49.9 Å². The zero-order valence-corrected chi connectivity index (χ0v) is 16.0. The Hall–Kier alpha value is -3.05. The molecule has 0 saturated heterocycles. The van der Waals surface area contributed by atoms with Gasteiger partial charge in [-0.1, -0.05) is 41.4 Å². The summed E-state index contributed by atoms with van der Waals surface area (Å²) >= 11 is 5.96. The Balaban J connectivity index is 1.57. The van der Waals surface area contributed by atoms with Crippen molar-refractivity contribution in [3.05, 3.63) is 87.7 Å². The Morgan fingerprint density at radius 3 is 2.68 bits per heavy atom. The van der Waals surface area contributed by atoms with Crippen LogP contribution in [-0.2, 0) is 6.42 Å². The van der Waals surface area contributed by atoms with E-state index in [1.54, 1.807) is 12.1 Å². The summed E-state index contributed by atoms with van der Waals surface area (Å²) in [6.07, 6.45) is 2.53. The minimum atomic E-state index is -0.278. The smallest absolute Gasteiger partial charge is 0.258 e. The molecule has 0 spiro atoms. The quantitative estimate of drug-likeness (QED) is 0.708. The van der Waals surface area contributed by atoms with Crippen LogP contribution in [0.2, 0.25) is 5.02 Å². The van der Waals surface area contributed by atoms with E-state index in [0.717, 1.165) is 11.1 Å². The molecule has 0 aliphatic heterocycles. The Labute approximate surface area is 167 Å².